The Morgan fingerprint density at radius 2 is 1.07 bits per heavy atom. The number of carbonyl (C=O) groups is 2. The van der Waals surface area contributed by atoms with Crippen LogP contribution >= 0.6 is 0 Å². The quantitative estimate of drug-likeness (QED) is 0.604. The summed E-state index contributed by atoms with van der Waals surface area (Å²) in [6.07, 6.45) is 0. The lowest BCUT2D eigenvalue weighted by Gasteiger charge is -2.45. The molecular formula is C25H16N2O2. The summed E-state index contributed by atoms with van der Waals surface area (Å²) in [6, 6.07) is 25.3. The monoisotopic (exact) mass is 376 g/mol. The SMILES string of the molecule is N#Cc1ccccc1N1C(=O)[C@H]2C3c4ccccc4C(c4ccccc43)[C@@H]2C1=O. The fourth-order valence-corrected chi connectivity index (χ4v) is 5.68. The molecule has 4 nitrogen and oxygen atoms in total. The maximum Gasteiger partial charge on any atom is 0.238 e. The van der Waals surface area contributed by atoms with Gasteiger partial charge in [0.2, 0.25) is 11.8 Å². The first-order valence-electron chi connectivity index (χ1n) is 9.77. The van der Waals surface area contributed by atoms with Crippen LogP contribution < -0.4 is 4.90 Å². The van der Waals surface area contributed by atoms with Crippen molar-refractivity contribution in [2.24, 2.45) is 11.8 Å². The fraction of sp³-hybridized carbons (Fsp3) is 0.160. The van der Waals surface area contributed by atoms with Gasteiger partial charge in [-0.2, -0.15) is 5.26 Å². The van der Waals surface area contributed by atoms with Gasteiger partial charge < -0.3 is 0 Å². The number of carbonyl (C=O) groups excluding carboxylic acids is 2. The molecule has 1 saturated heterocycles. The normalized spacial score (nSPS) is 26.0. The molecular weight excluding hydrogens is 360 g/mol. The summed E-state index contributed by atoms with van der Waals surface area (Å²) < 4.78 is 0. The van der Waals surface area contributed by atoms with Crippen molar-refractivity contribution in [1.29, 1.82) is 5.26 Å². The highest BCUT2D eigenvalue weighted by atomic mass is 16.2. The minimum Gasteiger partial charge on any atom is -0.274 e. The number of imide groups is 1. The molecule has 0 unspecified atom stereocenters. The standard InChI is InChI=1S/C25H16N2O2/c26-13-14-7-1-6-12-19(14)27-24(28)22-20-15-8-2-3-9-16(15)21(23(22)25(27)29)18-11-5-4-10-17(18)20/h1-12,20-23H/t20?,21?,22-,23-/m0/s1. The summed E-state index contributed by atoms with van der Waals surface area (Å²) >= 11 is 0. The lowest BCUT2D eigenvalue weighted by molar-refractivity contribution is -0.122. The van der Waals surface area contributed by atoms with E-state index in [-0.39, 0.29) is 23.7 Å². The van der Waals surface area contributed by atoms with Crippen LogP contribution in [0.2, 0.25) is 0 Å². The van der Waals surface area contributed by atoms with Crippen LogP contribution in [0, 0.1) is 23.2 Å². The second kappa shape index (κ2) is 5.65. The Morgan fingerprint density at radius 3 is 1.52 bits per heavy atom. The Hall–Kier alpha value is -3.71. The highest BCUT2D eigenvalue weighted by Gasteiger charge is 2.61. The first kappa shape index (κ1) is 16.3. The van der Waals surface area contributed by atoms with Crippen LogP contribution in [-0.2, 0) is 9.59 Å². The van der Waals surface area contributed by atoms with E-state index < -0.39 is 11.8 Å². The Labute approximate surface area is 168 Å². The van der Waals surface area contributed by atoms with Crippen LogP contribution in [0.25, 0.3) is 0 Å². The van der Waals surface area contributed by atoms with Crippen molar-refractivity contribution < 1.29 is 9.59 Å². The molecule has 1 heterocycles. The summed E-state index contributed by atoms with van der Waals surface area (Å²) in [6.45, 7) is 0. The number of rotatable bonds is 1. The molecule has 29 heavy (non-hydrogen) atoms. The summed E-state index contributed by atoms with van der Waals surface area (Å²) in [7, 11) is 0. The molecule has 2 atom stereocenters. The van der Waals surface area contributed by atoms with E-state index in [2.05, 4.69) is 30.3 Å². The minimum atomic E-state index is -0.427. The van der Waals surface area contributed by atoms with E-state index in [1.54, 1.807) is 24.3 Å². The predicted molar refractivity (Wildman–Crippen MR) is 107 cm³/mol. The first-order valence-corrected chi connectivity index (χ1v) is 9.77. The zero-order valence-corrected chi connectivity index (χ0v) is 15.4. The van der Waals surface area contributed by atoms with Crippen molar-refractivity contribution in [3.63, 3.8) is 0 Å². The van der Waals surface area contributed by atoms with Crippen LogP contribution in [0.5, 0.6) is 0 Å². The van der Waals surface area contributed by atoms with Crippen molar-refractivity contribution in [1.82, 2.24) is 0 Å². The van der Waals surface area contributed by atoms with Crippen LogP contribution in [0.4, 0.5) is 5.69 Å². The molecule has 2 bridgehead atoms. The lowest BCUT2D eigenvalue weighted by Crippen LogP contribution is -2.41. The summed E-state index contributed by atoms with van der Waals surface area (Å²) in [4.78, 5) is 28.5. The van der Waals surface area contributed by atoms with Gasteiger partial charge in [0, 0.05) is 11.8 Å². The van der Waals surface area contributed by atoms with Gasteiger partial charge in [-0.1, -0.05) is 60.7 Å². The minimum absolute atomic E-state index is 0.131. The van der Waals surface area contributed by atoms with E-state index in [0.717, 1.165) is 22.3 Å². The summed E-state index contributed by atoms with van der Waals surface area (Å²) in [5.74, 6) is -1.50. The molecule has 4 aliphatic rings. The third-order valence-electron chi connectivity index (χ3n) is 6.71. The van der Waals surface area contributed by atoms with Gasteiger partial charge in [-0.25, -0.2) is 4.90 Å². The number of benzene rings is 3. The summed E-state index contributed by atoms with van der Waals surface area (Å²) in [5.41, 5.74) is 5.33. The van der Waals surface area contributed by atoms with Crippen LogP contribution in [0.15, 0.2) is 72.8 Å². The topological polar surface area (TPSA) is 61.2 Å². The maximum absolute atomic E-state index is 13.6. The number of hydrogen-bond acceptors (Lipinski definition) is 3. The third kappa shape index (κ3) is 1.92. The number of nitriles is 1. The van der Waals surface area contributed by atoms with Gasteiger partial charge in [-0.05, 0) is 34.4 Å². The molecule has 3 aromatic rings. The highest BCUT2D eigenvalue weighted by molar-refractivity contribution is 6.24. The van der Waals surface area contributed by atoms with Gasteiger partial charge in [0.25, 0.3) is 0 Å². The van der Waals surface area contributed by atoms with Crippen LogP contribution in [0.3, 0.4) is 0 Å². The van der Waals surface area contributed by atoms with Crippen molar-refractivity contribution >= 4 is 17.5 Å². The molecule has 1 aliphatic heterocycles. The molecule has 0 aromatic heterocycles. The Kier molecular flexibility index (Phi) is 3.17. The molecule has 7 rings (SSSR count). The van der Waals surface area contributed by atoms with Crippen molar-refractivity contribution in [2.45, 2.75) is 11.8 Å². The van der Waals surface area contributed by atoms with E-state index >= 15 is 0 Å². The Bertz CT molecular complexity index is 1140. The predicted octanol–water partition coefficient (Wildman–Crippen LogP) is 3.95. The zero-order valence-electron chi connectivity index (χ0n) is 15.4. The van der Waals surface area contributed by atoms with Crippen LogP contribution in [0.1, 0.15) is 39.7 Å². The largest absolute Gasteiger partial charge is 0.274 e. The molecule has 3 aromatic carbocycles. The zero-order chi connectivity index (χ0) is 19.7. The smallest absolute Gasteiger partial charge is 0.238 e. The van der Waals surface area contributed by atoms with E-state index in [1.807, 2.05) is 24.3 Å². The number of anilines is 1. The number of amides is 2. The van der Waals surface area contributed by atoms with E-state index in [9.17, 15) is 14.9 Å². The molecule has 1 fully saturated rings. The van der Waals surface area contributed by atoms with Gasteiger partial charge in [0.1, 0.15) is 6.07 Å². The number of hydrogen-bond donors (Lipinski definition) is 0. The highest BCUT2D eigenvalue weighted by Crippen LogP contribution is 2.61. The number of nitrogens with zero attached hydrogens (tertiary/aromatic N) is 2. The fourth-order valence-electron chi connectivity index (χ4n) is 5.68. The third-order valence-corrected chi connectivity index (χ3v) is 6.71. The van der Waals surface area contributed by atoms with E-state index in [4.69, 9.17) is 0 Å². The van der Waals surface area contributed by atoms with Crippen molar-refractivity contribution in [3.8, 4) is 6.07 Å². The lowest BCUT2D eigenvalue weighted by atomic mass is 9.55. The molecule has 4 heteroatoms. The maximum atomic E-state index is 13.6. The molecule has 0 radical (unpaired) electrons. The van der Waals surface area contributed by atoms with Crippen molar-refractivity contribution in [2.75, 3.05) is 4.90 Å². The van der Waals surface area contributed by atoms with E-state index in [0.29, 0.717) is 11.3 Å². The second-order valence-electron chi connectivity index (χ2n) is 7.91. The molecule has 2 amide bonds. The average Bonchev–Trinajstić information content (AvgIpc) is 3.04. The van der Waals surface area contributed by atoms with Gasteiger partial charge in [-0.3, -0.25) is 9.59 Å². The van der Waals surface area contributed by atoms with E-state index in [1.165, 1.54) is 4.90 Å². The van der Waals surface area contributed by atoms with Gasteiger partial charge in [0.15, 0.2) is 0 Å². The van der Waals surface area contributed by atoms with Crippen LogP contribution in [-0.4, -0.2) is 11.8 Å². The molecule has 0 spiro atoms. The summed E-state index contributed by atoms with van der Waals surface area (Å²) in [5, 5.41) is 9.51. The molecule has 3 aliphatic carbocycles. The molecule has 0 saturated carbocycles. The van der Waals surface area contributed by atoms with Gasteiger partial charge in [-0.15, -0.1) is 0 Å². The average molecular weight is 376 g/mol. The molecule has 138 valence electrons. The van der Waals surface area contributed by atoms with Crippen molar-refractivity contribution in [3.05, 3.63) is 101 Å². The number of para-hydroxylation sites is 1. The Balaban J connectivity index is 1.59. The Morgan fingerprint density at radius 1 is 0.655 bits per heavy atom. The van der Waals surface area contributed by atoms with Gasteiger partial charge >= 0.3 is 0 Å². The molecule has 0 N–H and O–H groups in total. The second-order valence-corrected chi connectivity index (χ2v) is 7.91. The van der Waals surface area contributed by atoms with Gasteiger partial charge in [0.05, 0.1) is 23.1 Å². The first-order chi connectivity index (χ1) is 14.2.